The number of rotatable bonds is 2. The maximum atomic E-state index is 12.8. The van der Waals surface area contributed by atoms with Crippen LogP contribution in [-0.2, 0) is 6.42 Å². The molecule has 1 aromatic rings. The Hall–Kier alpha value is -0.970. The molecule has 0 aliphatic heterocycles. The predicted octanol–water partition coefficient (Wildman–Crippen LogP) is 3.06. The van der Waals surface area contributed by atoms with E-state index in [0.717, 1.165) is 6.07 Å². The molecule has 0 heterocycles. The van der Waals surface area contributed by atoms with Gasteiger partial charge in [-0.1, -0.05) is 22.9 Å². The van der Waals surface area contributed by atoms with Gasteiger partial charge in [-0.25, -0.2) is 4.39 Å². The van der Waals surface area contributed by atoms with E-state index in [0.29, 0.717) is 16.5 Å². The van der Waals surface area contributed by atoms with E-state index in [2.05, 4.69) is 15.9 Å². The molecule has 0 aromatic heterocycles. The molecule has 0 unspecified atom stereocenters. The van der Waals surface area contributed by atoms with E-state index in [1.54, 1.807) is 6.92 Å². The number of benzene rings is 1. The van der Waals surface area contributed by atoms with E-state index in [1.165, 1.54) is 6.07 Å². The third-order valence-electron chi connectivity index (χ3n) is 1.69. The van der Waals surface area contributed by atoms with Gasteiger partial charge in [0.05, 0.1) is 11.0 Å². The van der Waals surface area contributed by atoms with Crippen LogP contribution in [0.1, 0.15) is 12.5 Å². The first kappa shape index (κ1) is 10.1. The van der Waals surface area contributed by atoms with Crippen molar-refractivity contribution in [3.63, 3.8) is 0 Å². The quantitative estimate of drug-likeness (QED) is 0.596. The topological polar surface area (TPSA) is 43.1 Å². The molecule has 0 aliphatic rings. The zero-order valence-corrected chi connectivity index (χ0v) is 8.47. The second-order valence-corrected chi connectivity index (χ2v) is 3.35. The SMILES string of the molecule is CCc1c(Br)cc(F)cc1[N+](=O)[O-]. The molecule has 1 rings (SSSR count). The van der Waals surface area contributed by atoms with Crippen LogP contribution in [0.15, 0.2) is 16.6 Å². The van der Waals surface area contributed by atoms with Crippen molar-refractivity contribution in [1.82, 2.24) is 0 Å². The van der Waals surface area contributed by atoms with Crippen molar-refractivity contribution in [3.8, 4) is 0 Å². The Kier molecular flexibility index (Phi) is 2.98. The first-order chi connectivity index (χ1) is 6.06. The van der Waals surface area contributed by atoms with Crippen LogP contribution in [0, 0.1) is 15.9 Å². The first-order valence-electron chi connectivity index (χ1n) is 3.68. The maximum Gasteiger partial charge on any atom is 0.276 e. The summed E-state index contributed by atoms with van der Waals surface area (Å²) >= 11 is 3.08. The van der Waals surface area contributed by atoms with Gasteiger partial charge in [0.25, 0.3) is 5.69 Å². The Morgan fingerprint density at radius 2 is 2.23 bits per heavy atom. The van der Waals surface area contributed by atoms with Crippen LogP contribution in [0.2, 0.25) is 0 Å². The summed E-state index contributed by atoms with van der Waals surface area (Å²) in [5, 5.41) is 10.5. The minimum absolute atomic E-state index is 0.172. The first-order valence-corrected chi connectivity index (χ1v) is 4.48. The smallest absolute Gasteiger partial charge is 0.258 e. The van der Waals surface area contributed by atoms with Crippen molar-refractivity contribution < 1.29 is 9.31 Å². The molecule has 0 spiro atoms. The summed E-state index contributed by atoms with van der Waals surface area (Å²) in [4.78, 5) is 9.93. The summed E-state index contributed by atoms with van der Waals surface area (Å²) in [5.74, 6) is -0.601. The highest BCUT2D eigenvalue weighted by atomic mass is 79.9. The molecule has 0 atom stereocenters. The van der Waals surface area contributed by atoms with E-state index in [4.69, 9.17) is 0 Å². The second kappa shape index (κ2) is 3.83. The van der Waals surface area contributed by atoms with Gasteiger partial charge in [0.2, 0.25) is 0 Å². The van der Waals surface area contributed by atoms with E-state index in [-0.39, 0.29) is 5.69 Å². The molecule has 0 saturated carbocycles. The Bertz CT molecular complexity index is 354. The summed E-state index contributed by atoms with van der Waals surface area (Å²) in [6.45, 7) is 1.78. The van der Waals surface area contributed by atoms with Gasteiger partial charge < -0.3 is 0 Å². The summed E-state index contributed by atoms with van der Waals surface area (Å²) in [6, 6.07) is 2.16. The van der Waals surface area contributed by atoms with Gasteiger partial charge in [0, 0.05) is 10.0 Å². The Balaban J connectivity index is 3.38. The zero-order chi connectivity index (χ0) is 10.0. The largest absolute Gasteiger partial charge is 0.276 e. The Morgan fingerprint density at radius 3 is 2.69 bits per heavy atom. The summed E-state index contributed by atoms with van der Waals surface area (Å²) in [7, 11) is 0. The van der Waals surface area contributed by atoms with Gasteiger partial charge in [-0.05, 0) is 12.5 Å². The van der Waals surface area contributed by atoms with Gasteiger partial charge >= 0.3 is 0 Å². The second-order valence-electron chi connectivity index (χ2n) is 2.50. The van der Waals surface area contributed by atoms with Crippen LogP contribution in [0.4, 0.5) is 10.1 Å². The monoisotopic (exact) mass is 247 g/mol. The predicted molar refractivity (Wildman–Crippen MR) is 50.1 cm³/mol. The highest BCUT2D eigenvalue weighted by molar-refractivity contribution is 9.10. The summed E-state index contributed by atoms with van der Waals surface area (Å²) in [5.41, 5.74) is 0.348. The molecule has 5 heteroatoms. The number of nitro benzene ring substituents is 1. The number of nitro groups is 1. The van der Waals surface area contributed by atoms with Crippen molar-refractivity contribution in [2.45, 2.75) is 13.3 Å². The van der Waals surface area contributed by atoms with E-state index < -0.39 is 10.7 Å². The molecule has 0 amide bonds. The van der Waals surface area contributed by atoms with E-state index in [9.17, 15) is 14.5 Å². The van der Waals surface area contributed by atoms with Gasteiger partial charge in [-0.15, -0.1) is 0 Å². The Morgan fingerprint density at radius 1 is 1.62 bits per heavy atom. The standard InChI is InChI=1S/C8H7BrFNO2/c1-2-6-7(9)3-5(10)4-8(6)11(12)13/h3-4H,2H2,1H3. The van der Waals surface area contributed by atoms with Gasteiger partial charge in [0.1, 0.15) is 5.82 Å². The fraction of sp³-hybridized carbons (Fsp3) is 0.250. The molecule has 0 N–H and O–H groups in total. The number of hydrogen-bond donors (Lipinski definition) is 0. The van der Waals surface area contributed by atoms with Crippen molar-refractivity contribution in [2.75, 3.05) is 0 Å². The highest BCUT2D eigenvalue weighted by Crippen LogP contribution is 2.28. The van der Waals surface area contributed by atoms with Crippen LogP contribution in [0.25, 0.3) is 0 Å². The minimum Gasteiger partial charge on any atom is -0.258 e. The lowest BCUT2D eigenvalue weighted by atomic mass is 10.1. The van der Waals surface area contributed by atoms with Gasteiger partial charge in [-0.2, -0.15) is 0 Å². The van der Waals surface area contributed by atoms with E-state index >= 15 is 0 Å². The molecule has 13 heavy (non-hydrogen) atoms. The average molecular weight is 248 g/mol. The third kappa shape index (κ3) is 2.03. The molecule has 0 saturated heterocycles. The fourth-order valence-corrected chi connectivity index (χ4v) is 1.80. The molecule has 70 valence electrons. The lowest BCUT2D eigenvalue weighted by Gasteiger charge is -2.02. The van der Waals surface area contributed by atoms with Crippen molar-refractivity contribution in [3.05, 3.63) is 38.1 Å². The highest BCUT2D eigenvalue weighted by Gasteiger charge is 2.16. The Labute approximate surface area is 82.8 Å². The molecule has 3 nitrogen and oxygen atoms in total. The van der Waals surface area contributed by atoms with Gasteiger partial charge in [0.15, 0.2) is 0 Å². The average Bonchev–Trinajstić information content (AvgIpc) is 2.02. The normalized spacial score (nSPS) is 10.1. The van der Waals surface area contributed by atoms with Crippen LogP contribution in [0.3, 0.4) is 0 Å². The molecule has 1 aromatic carbocycles. The third-order valence-corrected chi connectivity index (χ3v) is 2.39. The summed E-state index contributed by atoms with van der Waals surface area (Å²) < 4.78 is 13.2. The van der Waals surface area contributed by atoms with E-state index in [1.807, 2.05) is 0 Å². The molecular formula is C8H7BrFNO2. The minimum atomic E-state index is -0.601. The number of hydrogen-bond acceptors (Lipinski definition) is 2. The van der Waals surface area contributed by atoms with Crippen molar-refractivity contribution in [1.29, 1.82) is 0 Å². The molecule has 0 bridgehead atoms. The molecule has 0 aliphatic carbocycles. The lowest BCUT2D eigenvalue weighted by molar-refractivity contribution is -0.385. The molecule has 0 radical (unpaired) electrons. The molecule has 0 fully saturated rings. The lowest BCUT2D eigenvalue weighted by Crippen LogP contribution is -1.96. The van der Waals surface area contributed by atoms with Crippen LogP contribution < -0.4 is 0 Å². The number of nitrogens with zero attached hydrogens (tertiary/aromatic N) is 1. The fourth-order valence-electron chi connectivity index (χ4n) is 1.10. The zero-order valence-electron chi connectivity index (χ0n) is 6.88. The van der Waals surface area contributed by atoms with Crippen molar-refractivity contribution >= 4 is 21.6 Å². The van der Waals surface area contributed by atoms with Crippen LogP contribution in [-0.4, -0.2) is 4.92 Å². The molecular weight excluding hydrogens is 241 g/mol. The summed E-state index contributed by atoms with van der Waals surface area (Å²) in [6.07, 6.45) is 0.497. The van der Waals surface area contributed by atoms with Crippen molar-refractivity contribution in [2.24, 2.45) is 0 Å². The number of halogens is 2. The van der Waals surface area contributed by atoms with Crippen LogP contribution >= 0.6 is 15.9 Å². The van der Waals surface area contributed by atoms with Gasteiger partial charge in [-0.3, -0.25) is 10.1 Å². The van der Waals surface area contributed by atoms with Crippen LogP contribution in [0.5, 0.6) is 0 Å². The maximum absolute atomic E-state index is 12.8.